The number of nitriles is 1. The Labute approximate surface area is 196 Å². The van der Waals surface area contributed by atoms with E-state index in [1.54, 1.807) is 17.8 Å². The maximum absolute atomic E-state index is 12.7. The van der Waals surface area contributed by atoms with Gasteiger partial charge in [-0.05, 0) is 38.0 Å². The highest BCUT2D eigenvalue weighted by atomic mass is 16.5. The number of benzene rings is 1. The molecule has 172 valence electrons. The number of hydrogen-bond acceptors (Lipinski definition) is 6. The molecule has 0 spiro atoms. The van der Waals surface area contributed by atoms with E-state index in [2.05, 4.69) is 21.5 Å². The van der Waals surface area contributed by atoms with E-state index in [0.717, 1.165) is 27.9 Å². The minimum Gasteiger partial charge on any atom is -0.452 e. The van der Waals surface area contributed by atoms with Crippen LogP contribution in [-0.4, -0.2) is 37.8 Å². The molecule has 1 N–H and O–H groups in total. The first-order valence-electron chi connectivity index (χ1n) is 10.7. The van der Waals surface area contributed by atoms with Crippen LogP contribution in [0.1, 0.15) is 38.4 Å². The number of anilines is 1. The van der Waals surface area contributed by atoms with E-state index >= 15 is 0 Å². The number of rotatable bonds is 6. The minimum absolute atomic E-state index is 0.230. The van der Waals surface area contributed by atoms with Crippen LogP contribution in [0.4, 0.5) is 5.82 Å². The van der Waals surface area contributed by atoms with Crippen LogP contribution in [-0.2, 0) is 23.1 Å². The number of carbonyl (C=O) groups is 2. The van der Waals surface area contributed by atoms with Crippen molar-refractivity contribution in [3.05, 3.63) is 76.2 Å². The number of nitrogens with zero attached hydrogens (tertiary/aromatic N) is 5. The van der Waals surface area contributed by atoms with Gasteiger partial charge in [0.2, 0.25) is 0 Å². The van der Waals surface area contributed by atoms with Crippen molar-refractivity contribution < 1.29 is 14.3 Å². The molecule has 0 aliphatic heterocycles. The third-order valence-electron chi connectivity index (χ3n) is 5.82. The fraction of sp³-hybridized carbons (Fsp3) is 0.240. The Morgan fingerprint density at radius 2 is 1.91 bits per heavy atom. The molecule has 1 amide bonds. The smallest absolute Gasteiger partial charge is 0.340 e. The summed E-state index contributed by atoms with van der Waals surface area (Å²) in [4.78, 5) is 29.5. The van der Waals surface area contributed by atoms with Crippen molar-refractivity contribution in [3.8, 4) is 6.07 Å². The van der Waals surface area contributed by atoms with Gasteiger partial charge in [0.15, 0.2) is 12.3 Å². The monoisotopic (exact) mass is 456 g/mol. The van der Waals surface area contributed by atoms with Gasteiger partial charge in [-0.2, -0.15) is 10.4 Å². The Morgan fingerprint density at radius 1 is 1.18 bits per heavy atom. The maximum atomic E-state index is 12.7. The summed E-state index contributed by atoms with van der Waals surface area (Å²) in [6, 6.07) is 13.6. The van der Waals surface area contributed by atoms with E-state index in [1.807, 2.05) is 55.7 Å². The summed E-state index contributed by atoms with van der Waals surface area (Å²) in [7, 11) is 1.78. The van der Waals surface area contributed by atoms with Gasteiger partial charge in [0.05, 0.1) is 16.8 Å². The van der Waals surface area contributed by atoms with Gasteiger partial charge >= 0.3 is 5.97 Å². The maximum Gasteiger partial charge on any atom is 0.340 e. The number of aromatic nitrogens is 4. The van der Waals surface area contributed by atoms with Gasteiger partial charge in [-0.1, -0.05) is 30.3 Å². The molecule has 0 unspecified atom stereocenters. The van der Waals surface area contributed by atoms with E-state index in [-0.39, 0.29) is 5.56 Å². The highest BCUT2D eigenvalue weighted by Gasteiger charge is 2.21. The lowest BCUT2D eigenvalue weighted by Gasteiger charge is -2.13. The third-order valence-corrected chi connectivity index (χ3v) is 5.82. The third kappa shape index (κ3) is 4.26. The van der Waals surface area contributed by atoms with E-state index in [4.69, 9.17) is 4.74 Å². The number of carbonyl (C=O) groups excluding carboxylic acids is 2. The zero-order chi connectivity index (χ0) is 24.4. The Bertz CT molecular complexity index is 1440. The quantitative estimate of drug-likeness (QED) is 0.445. The first-order valence-corrected chi connectivity index (χ1v) is 10.7. The molecule has 0 atom stereocenters. The predicted octanol–water partition coefficient (Wildman–Crippen LogP) is 3.41. The van der Waals surface area contributed by atoms with Gasteiger partial charge in [0.25, 0.3) is 5.91 Å². The second kappa shape index (κ2) is 9.19. The van der Waals surface area contributed by atoms with Gasteiger partial charge in [0, 0.05) is 30.9 Å². The van der Waals surface area contributed by atoms with Crippen molar-refractivity contribution in [1.82, 2.24) is 19.3 Å². The highest BCUT2D eigenvalue weighted by molar-refractivity contribution is 5.97. The number of amides is 1. The van der Waals surface area contributed by atoms with Gasteiger partial charge in [-0.25, -0.2) is 9.78 Å². The van der Waals surface area contributed by atoms with E-state index in [1.165, 1.54) is 6.20 Å². The number of esters is 1. The van der Waals surface area contributed by atoms with Gasteiger partial charge in [-0.3, -0.25) is 9.48 Å². The molecule has 0 saturated heterocycles. The molecule has 3 aromatic heterocycles. The summed E-state index contributed by atoms with van der Waals surface area (Å²) in [6.45, 7) is 5.56. The van der Waals surface area contributed by atoms with Crippen molar-refractivity contribution in [2.75, 3.05) is 11.9 Å². The summed E-state index contributed by atoms with van der Waals surface area (Å²) < 4.78 is 8.73. The lowest BCUT2D eigenvalue weighted by Crippen LogP contribution is -2.23. The van der Waals surface area contributed by atoms with Crippen molar-refractivity contribution in [2.45, 2.75) is 27.3 Å². The predicted molar refractivity (Wildman–Crippen MR) is 126 cm³/mol. The molecule has 9 nitrogen and oxygen atoms in total. The van der Waals surface area contributed by atoms with Crippen LogP contribution < -0.4 is 5.32 Å². The zero-order valence-electron chi connectivity index (χ0n) is 19.4. The standard InChI is InChI=1S/C25H24N6O3/c1-15-17(3)31(13-18-8-6-5-7-9-18)24(21(15)11-26)28-22(32)14-34-25(33)19-10-20-16(2)29-30(4)23(20)27-12-19/h5-10,12H,13-14H2,1-4H3,(H,28,32). The average Bonchev–Trinajstić information content (AvgIpc) is 3.24. The van der Waals surface area contributed by atoms with Crippen LogP contribution in [0.2, 0.25) is 0 Å². The molecule has 0 fully saturated rings. The molecule has 0 aliphatic rings. The van der Waals surface area contributed by atoms with Crippen molar-refractivity contribution in [2.24, 2.45) is 7.05 Å². The van der Waals surface area contributed by atoms with Gasteiger partial charge < -0.3 is 14.6 Å². The Kier molecular flexibility index (Phi) is 6.15. The lowest BCUT2D eigenvalue weighted by molar-refractivity contribution is -0.119. The molecule has 0 bridgehead atoms. The number of nitrogens with one attached hydrogen (secondary N) is 1. The molecule has 4 rings (SSSR count). The van der Waals surface area contributed by atoms with Crippen molar-refractivity contribution in [3.63, 3.8) is 0 Å². The van der Waals surface area contributed by atoms with Gasteiger partial charge in [0.1, 0.15) is 11.9 Å². The fourth-order valence-electron chi connectivity index (χ4n) is 3.90. The van der Waals surface area contributed by atoms with Crippen LogP contribution in [0.5, 0.6) is 0 Å². The molecule has 4 aromatic rings. The Balaban J connectivity index is 1.50. The second-order valence-electron chi connectivity index (χ2n) is 8.05. The molecule has 9 heteroatoms. The highest BCUT2D eigenvalue weighted by Crippen LogP contribution is 2.27. The molecule has 0 aliphatic carbocycles. The number of pyridine rings is 1. The van der Waals surface area contributed by atoms with Crippen LogP contribution in [0.3, 0.4) is 0 Å². The zero-order valence-corrected chi connectivity index (χ0v) is 19.4. The summed E-state index contributed by atoms with van der Waals surface area (Å²) in [6.07, 6.45) is 1.40. The van der Waals surface area contributed by atoms with Crippen LogP contribution in [0, 0.1) is 32.1 Å². The molecule has 0 saturated carbocycles. The van der Waals surface area contributed by atoms with E-state index in [9.17, 15) is 14.9 Å². The topological polar surface area (TPSA) is 115 Å². The average molecular weight is 457 g/mol. The number of fused-ring (bicyclic) bond motifs is 1. The molecule has 34 heavy (non-hydrogen) atoms. The second-order valence-corrected chi connectivity index (χ2v) is 8.05. The summed E-state index contributed by atoms with van der Waals surface area (Å²) in [5.74, 6) is -0.819. The summed E-state index contributed by atoms with van der Waals surface area (Å²) in [5, 5.41) is 17.5. The summed E-state index contributed by atoms with van der Waals surface area (Å²) >= 11 is 0. The van der Waals surface area contributed by atoms with Crippen LogP contribution in [0.15, 0.2) is 42.6 Å². The molecule has 1 aromatic carbocycles. The fourth-order valence-corrected chi connectivity index (χ4v) is 3.90. The van der Waals surface area contributed by atoms with Crippen molar-refractivity contribution in [1.29, 1.82) is 5.26 Å². The molecule has 0 radical (unpaired) electrons. The Hall–Kier alpha value is -4.45. The summed E-state index contributed by atoms with van der Waals surface area (Å²) in [5.41, 5.74) is 4.70. The van der Waals surface area contributed by atoms with E-state index in [0.29, 0.717) is 23.6 Å². The van der Waals surface area contributed by atoms with Crippen LogP contribution in [0.25, 0.3) is 11.0 Å². The SMILES string of the molecule is Cc1c(C#N)c(NC(=O)COC(=O)c2cnc3c(c2)c(C)nn3C)n(Cc2ccccc2)c1C. The van der Waals surface area contributed by atoms with Crippen LogP contribution >= 0.6 is 0 Å². The molecular weight excluding hydrogens is 432 g/mol. The normalized spacial score (nSPS) is 10.8. The first-order chi connectivity index (χ1) is 16.3. The Morgan fingerprint density at radius 3 is 2.62 bits per heavy atom. The van der Waals surface area contributed by atoms with Gasteiger partial charge in [-0.15, -0.1) is 0 Å². The number of hydrogen-bond donors (Lipinski definition) is 1. The number of ether oxygens (including phenoxy) is 1. The first kappa shape index (κ1) is 22.7. The largest absolute Gasteiger partial charge is 0.452 e. The lowest BCUT2D eigenvalue weighted by atomic mass is 10.2. The van der Waals surface area contributed by atoms with Crippen molar-refractivity contribution >= 4 is 28.7 Å². The minimum atomic E-state index is -0.666. The number of aryl methyl sites for hydroxylation is 2. The molecular formula is C25H24N6O3. The van der Waals surface area contributed by atoms with E-state index < -0.39 is 18.5 Å². The molecule has 3 heterocycles.